The van der Waals surface area contributed by atoms with Crippen molar-refractivity contribution in [1.29, 1.82) is 0 Å². The van der Waals surface area contributed by atoms with Gasteiger partial charge in [-0.2, -0.15) is 0 Å². The number of benzene rings is 2. The molecular formula is C22H16Cl2N2O3. The van der Waals surface area contributed by atoms with Crippen LogP contribution in [-0.2, 0) is 9.59 Å². The molecule has 1 aliphatic heterocycles. The van der Waals surface area contributed by atoms with Gasteiger partial charge in [0.1, 0.15) is 17.1 Å². The van der Waals surface area contributed by atoms with Gasteiger partial charge in [0.15, 0.2) is 0 Å². The summed E-state index contributed by atoms with van der Waals surface area (Å²) in [7, 11) is 0. The SMILES string of the molecule is Cc1ccc(N2NC(=O)/C(=C/c3ccc(-c4ccc(Cl)c(Cl)c4)o3)C2=O)cc1C. The maximum atomic E-state index is 12.8. The molecule has 7 heteroatoms. The van der Waals surface area contributed by atoms with Gasteiger partial charge in [-0.15, -0.1) is 0 Å². The van der Waals surface area contributed by atoms with Crippen LogP contribution < -0.4 is 10.4 Å². The molecule has 0 atom stereocenters. The molecule has 2 heterocycles. The van der Waals surface area contributed by atoms with E-state index in [2.05, 4.69) is 5.43 Å². The van der Waals surface area contributed by atoms with Crippen LogP contribution in [0.4, 0.5) is 5.69 Å². The van der Waals surface area contributed by atoms with Crippen molar-refractivity contribution in [3.8, 4) is 11.3 Å². The second kappa shape index (κ2) is 7.43. The van der Waals surface area contributed by atoms with Crippen molar-refractivity contribution in [2.45, 2.75) is 13.8 Å². The van der Waals surface area contributed by atoms with E-state index in [1.807, 2.05) is 26.0 Å². The van der Waals surface area contributed by atoms with E-state index >= 15 is 0 Å². The number of furan rings is 1. The number of halogens is 2. The van der Waals surface area contributed by atoms with Gasteiger partial charge in [0.05, 0.1) is 15.7 Å². The molecule has 0 aliphatic carbocycles. The summed E-state index contributed by atoms with van der Waals surface area (Å²) in [6.07, 6.45) is 1.43. The molecule has 146 valence electrons. The standard InChI is InChI=1S/C22H16Cl2N2O3/c1-12-3-5-15(9-13(12)2)26-22(28)17(21(27)25-26)11-16-6-8-20(29-16)14-4-7-18(23)19(24)10-14/h3-11H,1-2H3,(H,25,27)/b17-11-. The van der Waals surface area contributed by atoms with Crippen LogP contribution in [0.1, 0.15) is 16.9 Å². The third-order valence-corrected chi connectivity index (χ3v) is 5.50. The van der Waals surface area contributed by atoms with Crippen LogP contribution in [-0.4, -0.2) is 11.8 Å². The molecule has 0 bridgehead atoms. The summed E-state index contributed by atoms with van der Waals surface area (Å²) >= 11 is 12.0. The van der Waals surface area contributed by atoms with E-state index in [1.165, 1.54) is 11.1 Å². The Morgan fingerprint density at radius 2 is 1.72 bits per heavy atom. The van der Waals surface area contributed by atoms with Gasteiger partial charge in [-0.1, -0.05) is 29.3 Å². The molecule has 0 unspecified atom stereocenters. The molecule has 1 aliphatic rings. The van der Waals surface area contributed by atoms with Crippen LogP contribution in [0, 0.1) is 13.8 Å². The number of hydrogen-bond acceptors (Lipinski definition) is 3. The van der Waals surface area contributed by atoms with Gasteiger partial charge in [-0.05, 0) is 73.5 Å². The largest absolute Gasteiger partial charge is 0.457 e. The second-order valence-corrected chi connectivity index (χ2v) is 7.55. The number of aryl methyl sites for hydroxylation is 2. The molecule has 0 saturated carbocycles. The fourth-order valence-electron chi connectivity index (χ4n) is 2.98. The predicted molar refractivity (Wildman–Crippen MR) is 114 cm³/mol. The molecule has 1 saturated heterocycles. The fraction of sp³-hybridized carbons (Fsp3) is 0.0909. The Kier molecular flexibility index (Phi) is 4.94. The quantitative estimate of drug-likeness (QED) is 0.454. The number of hydrazine groups is 1. The van der Waals surface area contributed by atoms with Crippen LogP contribution in [0.3, 0.4) is 0 Å². The number of nitrogens with zero attached hydrogens (tertiary/aromatic N) is 1. The lowest BCUT2D eigenvalue weighted by molar-refractivity contribution is -0.117. The maximum Gasteiger partial charge on any atom is 0.282 e. The Balaban J connectivity index is 1.62. The van der Waals surface area contributed by atoms with E-state index in [9.17, 15) is 9.59 Å². The molecule has 1 fully saturated rings. The van der Waals surface area contributed by atoms with E-state index in [1.54, 1.807) is 36.4 Å². The molecule has 2 aromatic carbocycles. The summed E-state index contributed by atoms with van der Waals surface area (Å²) in [4.78, 5) is 25.1. The van der Waals surface area contributed by atoms with Gasteiger partial charge in [0, 0.05) is 5.56 Å². The van der Waals surface area contributed by atoms with Crippen molar-refractivity contribution in [3.05, 3.63) is 81.0 Å². The van der Waals surface area contributed by atoms with E-state index in [0.717, 1.165) is 16.7 Å². The summed E-state index contributed by atoms with van der Waals surface area (Å²) < 4.78 is 5.77. The van der Waals surface area contributed by atoms with Crippen LogP contribution in [0.25, 0.3) is 17.4 Å². The van der Waals surface area contributed by atoms with E-state index in [0.29, 0.717) is 27.3 Å². The average molecular weight is 427 g/mol. The highest BCUT2D eigenvalue weighted by atomic mass is 35.5. The molecule has 1 aromatic heterocycles. The topological polar surface area (TPSA) is 62.6 Å². The molecule has 29 heavy (non-hydrogen) atoms. The first kappa shape index (κ1) is 19.3. The van der Waals surface area contributed by atoms with Gasteiger partial charge in [0.2, 0.25) is 0 Å². The van der Waals surface area contributed by atoms with Crippen molar-refractivity contribution in [2.75, 3.05) is 5.01 Å². The van der Waals surface area contributed by atoms with Crippen LogP contribution >= 0.6 is 23.2 Å². The lowest BCUT2D eigenvalue weighted by atomic mass is 10.1. The zero-order chi connectivity index (χ0) is 20.7. The molecule has 0 radical (unpaired) electrons. The van der Waals surface area contributed by atoms with Gasteiger partial charge >= 0.3 is 0 Å². The number of anilines is 1. The second-order valence-electron chi connectivity index (χ2n) is 6.74. The molecule has 1 N–H and O–H groups in total. The van der Waals surface area contributed by atoms with Crippen molar-refractivity contribution in [2.24, 2.45) is 0 Å². The maximum absolute atomic E-state index is 12.8. The van der Waals surface area contributed by atoms with Gasteiger partial charge in [-0.25, -0.2) is 5.01 Å². The molecule has 0 spiro atoms. The van der Waals surface area contributed by atoms with Crippen LogP contribution in [0.2, 0.25) is 10.0 Å². The first-order valence-corrected chi connectivity index (χ1v) is 9.59. The number of amides is 2. The molecule has 4 rings (SSSR count). The van der Waals surface area contributed by atoms with Gasteiger partial charge in [-0.3, -0.25) is 15.0 Å². The van der Waals surface area contributed by atoms with E-state index in [4.69, 9.17) is 27.6 Å². The first-order chi connectivity index (χ1) is 13.8. The van der Waals surface area contributed by atoms with Crippen molar-refractivity contribution in [3.63, 3.8) is 0 Å². The molecule has 2 amide bonds. The van der Waals surface area contributed by atoms with E-state index < -0.39 is 11.8 Å². The number of nitrogens with one attached hydrogen (secondary N) is 1. The number of carbonyl (C=O) groups excluding carboxylic acids is 2. The minimum absolute atomic E-state index is 0.00161. The zero-order valence-corrected chi connectivity index (χ0v) is 17.1. The summed E-state index contributed by atoms with van der Waals surface area (Å²) in [5, 5.41) is 2.10. The fourth-order valence-corrected chi connectivity index (χ4v) is 3.28. The van der Waals surface area contributed by atoms with Crippen LogP contribution in [0.15, 0.2) is 58.5 Å². The van der Waals surface area contributed by atoms with Gasteiger partial charge in [0.25, 0.3) is 11.8 Å². The highest BCUT2D eigenvalue weighted by Gasteiger charge is 2.34. The molecular weight excluding hydrogens is 411 g/mol. The predicted octanol–water partition coefficient (Wildman–Crippen LogP) is 5.33. The summed E-state index contributed by atoms with van der Waals surface area (Å²) in [6.45, 7) is 3.93. The third-order valence-electron chi connectivity index (χ3n) is 4.76. The smallest absolute Gasteiger partial charge is 0.282 e. The molecule has 5 nitrogen and oxygen atoms in total. The van der Waals surface area contributed by atoms with Gasteiger partial charge < -0.3 is 4.42 Å². The summed E-state index contributed by atoms with van der Waals surface area (Å²) in [5.74, 6) is 0.00486. The van der Waals surface area contributed by atoms with Crippen LogP contribution in [0.5, 0.6) is 0 Å². The van der Waals surface area contributed by atoms with E-state index in [-0.39, 0.29) is 5.57 Å². The minimum Gasteiger partial charge on any atom is -0.457 e. The molecule has 3 aromatic rings. The Morgan fingerprint density at radius 1 is 0.931 bits per heavy atom. The number of carbonyl (C=O) groups is 2. The highest BCUT2D eigenvalue weighted by Crippen LogP contribution is 2.30. The minimum atomic E-state index is -0.485. The third kappa shape index (κ3) is 3.67. The normalized spacial score (nSPS) is 15.3. The average Bonchev–Trinajstić information content (AvgIpc) is 3.26. The Hall–Kier alpha value is -3.02. The first-order valence-electron chi connectivity index (χ1n) is 8.83. The summed E-state index contributed by atoms with van der Waals surface area (Å²) in [5.41, 5.74) is 6.06. The monoisotopic (exact) mass is 426 g/mol. The lowest BCUT2D eigenvalue weighted by Gasteiger charge is -2.15. The van der Waals surface area contributed by atoms with Crippen molar-refractivity contribution in [1.82, 2.24) is 5.43 Å². The number of hydrogen-bond donors (Lipinski definition) is 1. The Labute approximate surface area is 177 Å². The lowest BCUT2D eigenvalue weighted by Crippen LogP contribution is -2.35. The van der Waals surface area contributed by atoms with Crippen molar-refractivity contribution < 1.29 is 14.0 Å². The zero-order valence-electron chi connectivity index (χ0n) is 15.6. The Morgan fingerprint density at radius 3 is 2.45 bits per heavy atom. The van der Waals surface area contributed by atoms with Crippen molar-refractivity contribution >= 4 is 46.8 Å². The summed E-state index contributed by atoms with van der Waals surface area (Å²) in [6, 6.07) is 14.1. The highest BCUT2D eigenvalue weighted by molar-refractivity contribution is 6.42. The Bertz CT molecular complexity index is 1180. The number of rotatable bonds is 3.